The summed E-state index contributed by atoms with van der Waals surface area (Å²) < 4.78 is 13.0. The molecule has 30 heavy (non-hydrogen) atoms. The van der Waals surface area contributed by atoms with Crippen molar-refractivity contribution in [3.05, 3.63) is 45.6 Å². The third kappa shape index (κ3) is 4.87. The first-order chi connectivity index (χ1) is 14.2. The lowest BCUT2D eigenvalue weighted by atomic mass is 9.92. The number of Topliss-reactive ketones (excluding diaryl/α,β-unsaturated/α-hetero) is 1. The molecule has 8 heteroatoms. The lowest BCUT2D eigenvalue weighted by molar-refractivity contribution is -0.123. The number of aromatic nitrogens is 2. The summed E-state index contributed by atoms with van der Waals surface area (Å²) in [6, 6.07) is 7.57. The monoisotopic (exact) mass is 446 g/mol. The highest BCUT2D eigenvalue weighted by molar-refractivity contribution is 7.99. The lowest BCUT2D eigenvalue weighted by Gasteiger charge is -2.17. The van der Waals surface area contributed by atoms with E-state index in [0.717, 1.165) is 5.56 Å². The zero-order valence-electron chi connectivity index (χ0n) is 17.9. The van der Waals surface area contributed by atoms with E-state index in [2.05, 4.69) is 4.98 Å². The van der Waals surface area contributed by atoms with Crippen LogP contribution in [0.2, 0.25) is 0 Å². The number of ether oxygens (including phenoxy) is 2. The molecule has 2 heterocycles. The average molecular weight is 447 g/mol. The number of rotatable bonds is 8. The van der Waals surface area contributed by atoms with Crippen molar-refractivity contribution in [3.8, 4) is 11.5 Å². The van der Waals surface area contributed by atoms with Crippen molar-refractivity contribution in [1.82, 2.24) is 9.55 Å². The molecule has 0 spiro atoms. The van der Waals surface area contributed by atoms with Crippen molar-refractivity contribution in [3.63, 3.8) is 0 Å². The minimum Gasteiger partial charge on any atom is -0.493 e. The molecule has 0 bridgehead atoms. The van der Waals surface area contributed by atoms with Gasteiger partial charge in [0.2, 0.25) is 0 Å². The number of benzene rings is 1. The standard InChI is InChI=1S/C22H26N2O4S2/c1-22(2,3)18(25)13-30-21-23-15-9-11-29-19(15)20(26)24(21)10-8-14-6-7-16(27-4)17(12-14)28-5/h6-7,9,11-12H,8,10,13H2,1-5H3. The van der Waals surface area contributed by atoms with E-state index in [1.54, 1.807) is 18.8 Å². The molecule has 160 valence electrons. The average Bonchev–Trinajstić information content (AvgIpc) is 3.19. The Labute approximate surface area is 184 Å². The van der Waals surface area contributed by atoms with Gasteiger partial charge in [-0.2, -0.15) is 0 Å². The second-order valence-corrected chi connectivity index (χ2v) is 9.75. The third-order valence-corrected chi connectivity index (χ3v) is 6.64. The minimum absolute atomic E-state index is 0.0683. The molecule has 0 aliphatic heterocycles. The van der Waals surface area contributed by atoms with Crippen LogP contribution in [0.5, 0.6) is 11.5 Å². The molecule has 0 radical (unpaired) electrons. The van der Waals surface area contributed by atoms with E-state index < -0.39 is 5.41 Å². The van der Waals surface area contributed by atoms with E-state index in [9.17, 15) is 9.59 Å². The number of carbonyl (C=O) groups excluding carboxylic acids is 1. The van der Waals surface area contributed by atoms with Crippen LogP contribution in [-0.4, -0.2) is 35.3 Å². The first-order valence-corrected chi connectivity index (χ1v) is 11.5. The zero-order chi connectivity index (χ0) is 21.9. The van der Waals surface area contributed by atoms with E-state index >= 15 is 0 Å². The maximum Gasteiger partial charge on any atom is 0.272 e. The highest BCUT2D eigenvalue weighted by Gasteiger charge is 2.22. The van der Waals surface area contributed by atoms with Gasteiger partial charge in [0.1, 0.15) is 10.5 Å². The molecule has 3 rings (SSSR count). The van der Waals surface area contributed by atoms with Gasteiger partial charge in [0.25, 0.3) is 5.56 Å². The summed E-state index contributed by atoms with van der Waals surface area (Å²) in [4.78, 5) is 30.1. The normalized spacial score (nSPS) is 11.6. The molecule has 3 aromatic rings. The Morgan fingerprint density at radius 2 is 1.90 bits per heavy atom. The van der Waals surface area contributed by atoms with Crippen molar-refractivity contribution in [2.45, 2.75) is 38.9 Å². The second kappa shape index (κ2) is 9.22. The fourth-order valence-corrected chi connectivity index (χ4v) is 4.82. The summed E-state index contributed by atoms with van der Waals surface area (Å²) >= 11 is 2.72. The molecule has 0 N–H and O–H groups in total. The Balaban J connectivity index is 1.89. The van der Waals surface area contributed by atoms with Gasteiger partial charge in [-0.15, -0.1) is 11.3 Å². The maximum absolute atomic E-state index is 13.1. The van der Waals surface area contributed by atoms with Crippen LogP contribution in [0.1, 0.15) is 26.3 Å². The van der Waals surface area contributed by atoms with E-state index in [1.807, 2.05) is 50.4 Å². The largest absolute Gasteiger partial charge is 0.493 e. The number of fused-ring (bicyclic) bond motifs is 1. The van der Waals surface area contributed by atoms with E-state index in [0.29, 0.717) is 39.8 Å². The van der Waals surface area contributed by atoms with Gasteiger partial charge in [-0.25, -0.2) is 4.98 Å². The molecule has 0 unspecified atom stereocenters. The summed E-state index contributed by atoms with van der Waals surface area (Å²) in [7, 11) is 3.20. The van der Waals surface area contributed by atoms with Crippen LogP contribution in [0.3, 0.4) is 0 Å². The van der Waals surface area contributed by atoms with Crippen molar-refractivity contribution < 1.29 is 14.3 Å². The molecule has 0 aliphatic carbocycles. The van der Waals surface area contributed by atoms with Crippen molar-refractivity contribution in [2.75, 3.05) is 20.0 Å². The van der Waals surface area contributed by atoms with Crippen LogP contribution in [0.25, 0.3) is 10.2 Å². The fourth-order valence-electron chi connectivity index (χ4n) is 2.85. The third-order valence-electron chi connectivity index (χ3n) is 4.77. The highest BCUT2D eigenvalue weighted by atomic mass is 32.2. The predicted molar refractivity (Wildman–Crippen MR) is 122 cm³/mol. The maximum atomic E-state index is 13.1. The van der Waals surface area contributed by atoms with Gasteiger partial charge in [-0.05, 0) is 35.6 Å². The number of methoxy groups -OCH3 is 2. The van der Waals surface area contributed by atoms with E-state index in [4.69, 9.17) is 9.47 Å². The predicted octanol–water partition coefficient (Wildman–Crippen LogP) is 4.43. The molecule has 0 saturated heterocycles. The van der Waals surface area contributed by atoms with Gasteiger partial charge in [-0.3, -0.25) is 14.2 Å². The highest BCUT2D eigenvalue weighted by Crippen LogP contribution is 2.28. The molecule has 0 saturated carbocycles. The second-order valence-electron chi connectivity index (χ2n) is 7.89. The van der Waals surface area contributed by atoms with Crippen LogP contribution in [-0.2, 0) is 17.8 Å². The first-order valence-electron chi connectivity index (χ1n) is 9.59. The Morgan fingerprint density at radius 1 is 1.17 bits per heavy atom. The number of thioether (sulfide) groups is 1. The summed E-state index contributed by atoms with van der Waals surface area (Å²) in [6.07, 6.45) is 0.625. The quantitative estimate of drug-likeness (QED) is 0.377. The number of nitrogens with zero attached hydrogens (tertiary/aromatic N) is 2. The van der Waals surface area contributed by atoms with Crippen LogP contribution >= 0.6 is 23.1 Å². The molecule has 1 aromatic carbocycles. The Kier molecular flexibility index (Phi) is 6.88. The molecule has 0 fully saturated rings. The molecule has 2 aromatic heterocycles. The molecule has 0 amide bonds. The van der Waals surface area contributed by atoms with Crippen molar-refractivity contribution in [2.24, 2.45) is 5.41 Å². The summed E-state index contributed by atoms with van der Waals surface area (Å²) in [5, 5.41) is 2.44. The topological polar surface area (TPSA) is 70.4 Å². The van der Waals surface area contributed by atoms with E-state index in [1.165, 1.54) is 23.1 Å². The molecular weight excluding hydrogens is 420 g/mol. The van der Waals surface area contributed by atoms with Crippen LogP contribution in [0.4, 0.5) is 0 Å². The Morgan fingerprint density at radius 3 is 2.57 bits per heavy atom. The van der Waals surface area contributed by atoms with Gasteiger partial charge in [0.05, 0.1) is 25.5 Å². The van der Waals surface area contributed by atoms with Crippen LogP contribution < -0.4 is 15.0 Å². The zero-order valence-corrected chi connectivity index (χ0v) is 19.5. The first kappa shape index (κ1) is 22.4. The van der Waals surface area contributed by atoms with Gasteiger partial charge < -0.3 is 9.47 Å². The molecule has 0 aliphatic rings. The number of hydrogen-bond donors (Lipinski definition) is 0. The minimum atomic E-state index is -0.426. The summed E-state index contributed by atoms with van der Waals surface area (Å²) in [5.41, 5.74) is 1.20. The lowest BCUT2D eigenvalue weighted by Crippen LogP contribution is -2.26. The fraction of sp³-hybridized carbons (Fsp3) is 0.409. The van der Waals surface area contributed by atoms with Crippen molar-refractivity contribution in [1.29, 1.82) is 0 Å². The SMILES string of the molecule is COc1ccc(CCn2c(SCC(=O)C(C)(C)C)nc3ccsc3c2=O)cc1OC. The van der Waals surface area contributed by atoms with Gasteiger partial charge in [0, 0.05) is 12.0 Å². The van der Waals surface area contributed by atoms with Gasteiger partial charge in [-0.1, -0.05) is 38.6 Å². The number of aryl methyl sites for hydroxylation is 1. The van der Waals surface area contributed by atoms with Gasteiger partial charge >= 0.3 is 0 Å². The van der Waals surface area contributed by atoms with Crippen LogP contribution in [0, 0.1) is 5.41 Å². The smallest absolute Gasteiger partial charge is 0.272 e. The van der Waals surface area contributed by atoms with Crippen LogP contribution in [0.15, 0.2) is 39.6 Å². The Bertz CT molecular complexity index is 1110. The number of carbonyl (C=O) groups is 1. The summed E-state index contributed by atoms with van der Waals surface area (Å²) in [5.74, 6) is 1.72. The Hall–Kier alpha value is -2.32. The molecule has 6 nitrogen and oxygen atoms in total. The molecular formula is C22H26N2O4S2. The van der Waals surface area contributed by atoms with Gasteiger partial charge in [0.15, 0.2) is 16.7 Å². The van der Waals surface area contributed by atoms with Crippen molar-refractivity contribution >= 4 is 39.1 Å². The molecule has 0 atom stereocenters. The summed E-state index contributed by atoms with van der Waals surface area (Å²) in [6.45, 7) is 6.15. The number of thiophene rings is 1. The number of hydrogen-bond acceptors (Lipinski definition) is 7. The van der Waals surface area contributed by atoms with E-state index in [-0.39, 0.29) is 17.1 Å². The number of ketones is 1.